The Balaban J connectivity index is 2.31. The number of Topliss-reactive ketones (excluding diaryl/α,β-unsaturated/α-hetero) is 1. The molecule has 0 aliphatic heterocycles. The van der Waals surface area contributed by atoms with Crippen molar-refractivity contribution in [2.75, 3.05) is 7.11 Å². The van der Waals surface area contributed by atoms with Crippen molar-refractivity contribution in [1.29, 1.82) is 0 Å². The average Bonchev–Trinajstić information content (AvgIpc) is 2.97. The number of esters is 2. The Kier molecular flexibility index (Phi) is 7.72. The van der Waals surface area contributed by atoms with Crippen LogP contribution in [-0.4, -0.2) is 36.7 Å². The monoisotopic (exact) mass is 390 g/mol. The summed E-state index contributed by atoms with van der Waals surface area (Å²) in [4.78, 5) is 49.0. The van der Waals surface area contributed by atoms with Crippen LogP contribution >= 0.6 is 0 Å². The van der Waals surface area contributed by atoms with Crippen molar-refractivity contribution in [2.24, 2.45) is 11.3 Å². The molecule has 0 aromatic carbocycles. The topological polar surface area (TPSA) is 86.7 Å². The van der Waals surface area contributed by atoms with E-state index in [0.717, 1.165) is 12.8 Å². The van der Waals surface area contributed by atoms with E-state index in [4.69, 9.17) is 9.47 Å². The van der Waals surface area contributed by atoms with Crippen LogP contribution < -0.4 is 0 Å². The molecule has 0 bridgehead atoms. The molecular formula is C22H30O6. The molecule has 6 nitrogen and oxygen atoms in total. The van der Waals surface area contributed by atoms with Crippen molar-refractivity contribution in [1.82, 2.24) is 0 Å². The Hall–Kier alpha value is -2.24. The fraction of sp³-hybridized carbons (Fsp3) is 0.636. The summed E-state index contributed by atoms with van der Waals surface area (Å²) in [6, 6.07) is 0. The summed E-state index contributed by atoms with van der Waals surface area (Å²) in [5.74, 6) is -1.49. The van der Waals surface area contributed by atoms with Gasteiger partial charge >= 0.3 is 11.9 Å². The van der Waals surface area contributed by atoms with Gasteiger partial charge in [0.1, 0.15) is 11.5 Å². The number of methoxy groups -OCH3 is 1. The van der Waals surface area contributed by atoms with Gasteiger partial charge in [-0.05, 0) is 57.4 Å². The molecule has 3 atom stereocenters. The zero-order valence-corrected chi connectivity index (χ0v) is 17.0. The van der Waals surface area contributed by atoms with E-state index in [2.05, 4.69) is 6.08 Å². The standard InChI is InChI=1S/C22H30O6/c1-15-5-4-6-17-8-12-20(25)22(17,21(26)27-3)14-13-18(24)9-11-19(10-7-15)28-16(2)23/h5,13-14,17,19H,4,6-12H2,1-3H3/b14-13+,15-5+/t17-,19+,22-/m0/s1. The van der Waals surface area contributed by atoms with Crippen LogP contribution in [0.4, 0.5) is 0 Å². The minimum absolute atomic E-state index is 0.169. The van der Waals surface area contributed by atoms with Crippen LogP contribution in [0.15, 0.2) is 23.8 Å². The third kappa shape index (κ3) is 5.18. The van der Waals surface area contributed by atoms with Crippen LogP contribution in [0.25, 0.3) is 0 Å². The van der Waals surface area contributed by atoms with Gasteiger partial charge in [-0.15, -0.1) is 0 Å². The number of hydrogen-bond donors (Lipinski definition) is 0. The first-order valence-corrected chi connectivity index (χ1v) is 9.96. The van der Waals surface area contributed by atoms with Crippen molar-refractivity contribution in [2.45, 2.75) is 71.3 Å². The number of hydrogen-bond acceptors (Lipinski definition) is 6. The molecule has 0 aromatic rings. The Bertz CT molecular complexity index is 689. The quantitative estimate of drug-likeness (QED) is 0.408. The Morgan fingerprint density at radius 3 is 2.46 bits per heavy atom. The maximum atomic E-state index is 12.7. The molecule has 6 heteroatoms. The van der Waals surface area contributed by atoms with Gasteiger partial charge in [0.05, 0.1) is 7.11 Å². The van der Waals surface area contributed by atoms with Gasteiger partial charge in [0.25, 0.3) is 0 Å². The maximum Gasteiger partial charge on any atom is 0.323 e. The summed E-state index contributed by atoms with van der Waals surface area (Å²) in [7, 11) is 1.27. The van der Waals surface area contributed by atoms with Gasteiger partial charge in [-0.25, -0.2) is 0 Å². The largest absolute Gasteiger partial charge is 0.468 e. The van der Waals surface area contributed by atoms with E-state index in [9.17, 15) is 19.2 Å². The minimum Gasteiger partial charge on any atom is -0.468 e. The molecule has 0 aromatic heterocycles. The average molecular weight is 390 g/mol. The van der Waals surface area contributed by atoms with E-state index in [-0.39, 0.29) is 36.0 Å². The second-order valence-electron chi connectivity index (χ2n) is 7.76. The first-order valence-electron chi connectivity index (χ1n) is 9.96. The zero-order valence-electron chi connectivity index (χ0n) is 17.0. The number of rotatable bonds is 2. The van der Waals surface area contributed by atoms with Crippen LogP contribution in [0.5, 0.6) is 0 Å². The highest BCUT2D eigenvalue weighted by molar-refractivity contribution is 6.08. The smallest absolute Gasteiger partial charge is 0.323 e. The van der Waals surface area contributed by atoms with Gasteiger partial charge in [0.15, 0.2) is 11.6 Å². The van der Waals surface area contributed by atoms with Crippen molar-refractivity contribution in [3.05, 3.63) is 23.8 Å². The lowest BCUT2D eigenvalue weighted by atomic mass is 9.74. The molecule has 1 saturated carbocycles. The van der Waals surface area contributed by atoms with Gasteiger partial charge in [0.2, 0.25) is 0 Å². The normalized spacial score (nSPS) is 32.5. The SMILES string of the molecule is COC(=O)[C@@]12/C=C/C(=O)CC[C@H](OC(C)=O)CC/C(C)=C/CC[C@H]1CCC2=O. The second-order valence-corrected chi connectivity index (χ2v) is 7.76. The summed E-state index contributed by atoms with van der Waals surface area (Å²) in [6.45, 7) is 3.39. The molecule has 2 aliphatic carbocycles. The van der Waals surface area contributed by atoms with Crippen molar-refractivity contribution < 1.29 is 28.7 Å². The van der Waals surface area contributed by atoms with Gasteiger partial charge in [-0.1, -0.05) is 17.7 Å². The highest BCUT2D eigenvalue weighted by Gasteiger charge is 2.54. The van der Waals surface area contributed by atoms with Gasteiger partial charge < -0.3 is 9.47 Å². The summed E-state index contributed by atoms with van der Waals surface area (Å²) in [5, 5.41) is 0. The van der Waals surface area contributed by atoms with Crippen LogP contribution in [-0.2, 0) is 28.7 Å². The fourth-order valence-electron chi connectivity index (χ4n) is 4.22. The van der Waals surface area contributed by atoms with Crippen LogP contribution in [0.2, 0.25) is 0 Å². The summed E-state index contributed by atoms with van der Waals surface area (Å²) < 4.78 is 10.3. The molecular weight excluding hydrogens is 360 g/mol. The Morgan fingerprint density at radius 2 is 1.79 bits per heavy atom. The summed E-state index contributed by atoms with van der Waals surface area (Å²) >= 11 is 0. The van der Waals surface area contributed by atoms with Gasteiger partial charge in [0, 0.05) is 19.8 Å². The molecule has 154 valence electrons. The Morgan fingerprint density at radius 1 is 1.07 bits per heavy atom. The molecule has 2 rings (SSSR count). The minimum atomic E-state index is -1.37. The first kappa shape index (κ1) is 22.1. The molecule has 0 spiro atoms. The molecule has 2 aliphatic rings. The zero-order chi connectivity index (χ0) is 20.7. The first-order chi connectivity index (χ1) is 13.3. The fourth-order valence-corrected chi connectivity index (χ4v) is 4.22. The molecule has 28 heavy (non-hydrogen) atoms. The number of carbonyl (C=O) groups is 4. The van der Waals surface area contributed by atoms with E-state index in [1.807, 2.05) is 6.92 Å². The van der Waals surface area contributed by atoms with E-state index < -0.39 is 11.4 Å². The number of ether oxygens (including phenoxy) is 2. The molecule has 0 amide bonds. The summed E-state index contributed by atoms with van der Waals surface area (Å²) in [6.07, 6.45) is 8.99. The van der Waals surface area contributed by atoms with E-state index in [1.54, 1.807) is 0 Å². The van der Waals surface area contributed by atoms with E-state index in [1.165, 1.54) is 31.8 Å². The molecule has 0 heterocycles. The molecule has 0 saturated heterocycles. The molecule has 0 radical (unpaired) electrons. The number of carbonyl (C=O) groups excluding carboxylic acids is 4. The second kappa shape index (κ2) is 9.80. The lowest BCUT2D eigenvalue weighted by molar-refractivity contribution is -0.155. The highest BCUT2D eigenvalue weighted by atomic mass is 16.5. The third-order valence-electron chi connectivity index (χ3n) is 5.79. The Labute approximate surface area is 166 Å². The number of allylic oxidation sites excluding steroid dienone is 3. The van der Waals surface area contributed by atoms with Crippen LogP contribution in [0.3, 0.4) is 0 Å². The third-order valence-corrected chi connectivity index (χ3v) is 5.79. The van der Waals surface area contributed by atoms with Crippen molar-refractivity contribution >= 4 is 23.5 Å². The predicted molar refractivity (Wildman–Crippen MR) is 103 cm³/mol. The van der Waals surface area contributed by atoms with Gasteiger partial charge in [-0.2, -0.15) is 0 Å². The lowest BCUT2D eigenvalue weighted by Crippen LogP contribution is -2.40. The number of fused-ring (bicyclic) bond motifs is 1. The van der Waals surface area contributed by atoms with Gasteiger partial charge in [-0.3, -0.25) is 19.2 Å². The molecule has 0 unspecified atom stereocenters. The summed E-state index contributed by atoms with van der Waals surface area (Å²) in [5.41, 5.74) is -0.199. The maximum absolute atomic E-state index is 12.7. The van der Waals surface area contributed by atoms with E-state index in [0.29, 0.717) is 32.1 Å². The highest BCUT2D eigenvalue weighted by Crippen LogP contribution is 2.45. The van der Waals surface area contributed by atoms with Crippen LogP contribution in [0, 0.1) is 11.3 Å². The van der Waals surface area contributed by atoms with Crippen molar-refractivity contribution in [3.63, 3.8) is 0 Å². The molecule has 0 N–H and O–H groups in total. The lowest BCUT2D eigenvalue weighted by Gasteiger charge is -2.28. The number of ketones is 2. The van der Waals surface area contributed by atoms with Crippen molar-refractivity contribution in [3.8, 4) is 0 Å². The molecule has 1 fully saturated rings. The predicted octanol–water partition coefficient (Wildman–Crippen LogP) is 3.48. The van der Waals surface area contributed by atoms with Crippen LogP contribution in [0.1, 0.15) is 65.2 Å². The van der Waals surface area contributed by atoms with E-state index >= 15 is 0 Å².